The summed E-state index contributed by atoms with van der Waals surface area (Å²) >= 11 is 1.47. The summed E-state index contributed by atoms with van der Waals surface area (Å²) in [6.07, 6.45) is 4.99. The van der Waals surface area contributed by atoms with Crippen molar-refractivity contribution in [2.75, 3.05) is 0 Å². The molecule has 1 heterocycles. The van der Waals surface area contributed by atoms with Crippen molar-refractivity contribution < 1.29 is 9.90 Å². The van der Waals surface area contributed by atoms with E-state index in [1.165, 1.54) is 11.3 Å². The predicted molar refractivity (Wildman–Crippen MR) is 89.3 cm³/mol. The van der Waals surface area contributed by atoms with Crippen molar-refractivity contribution >= 4 is 23.2 Å². The zero-order valence-corrected chi connectivity index (χ0v) is 13.5. The molecule has 0 atom stereocenters. The normalized spacial score (nSPS) is 11.2. The van der Waals surface area contributed by atoms with Crippen molar-refractivity contribution in [1.29, 1.82) is 0 Å². The molecule has 2 aromatic rings. The van der Waals surface area contributed by atoms with Crippen LogP contribution in [0.2, 0.25) is 0 Å². The topological polar surface area (TPSA) is 37.3 Å². The Hall–Kier alpha value is -1.87. The maximum absolute atomic E-state index is 12.1. The van der Waals surface area contributed by atoms with Crippen molar-refractivity contribution in [3.8, 4) is 5.75 Å². The van der Waals surface area contributed by atoms with E-state index in [-0.39, 0.29) is 5.78 Å². The number of benzene rings is 1. The van der Waals surface area contributed by atoms with Gasteiger partial charge in [0, 0.05) is 0 Å². The van der Waals surface area contributed by atoms with Gasteiger partial charge in [0.2, 0.25) is 0 Å². The van der Waals surface area contributed by atoms with Gasteiger partial charge in [-0.3, -0.25) is 4.79 Å². The molecular weight excluding hydrogens is 280 g/mol. The fraction of sp³-hybridized carbons (Fsp3) is 0.278. The quantitative estimate of drug-likeness (QED) is 0.637. The van der Waals surface area contributed by atoms with Crippen LogP contribution in [0, 0.1) is 6.92 Å². The van der Waals surface area contributed by atoms with Gasteiger partial charge in [-0.05, 0) is 71.7 Å². The number of aromatic hydroxyl groups is 1. The number of thiophene rings is 1. The van der Waals surface area contributed by atoms with Gasteiger partial charge in [0.25, 0.3) is 0 Å². The number of phenolic OH excluding ortho intramolecular Hbond substituents is 1. The number of ketones is 1. The first-order valence-corrected chi connectivity index (χ1v) is 8.05. The third kappa shape index (κ3) is 3.61. The largest absolute Gasteiger partial charge is 0.507 e. The molecule has 1 aromatic heterocycles. The Morgan fingerprint density at radius 3 is 2.29 bits per heavy atom. The molecule has 0 unspecified atom stereocenters. The second-order valence-electron chi connectivity index (χ2n) is 5.08. The van der Waals surface area contributed by atoms with E-state index in [4.69, 9.17) is 0 Å². The van der Waals surface area contributed by atoms with Gasteiger partial charge in [-0.2, -0.15) is 0 Å². The Morgan fingerprint density at radius 2 is 1.81 bits per heavy atom. The Morgan fingerprint density at radius 1 is 1.19 bits per heavy atom. The molecule has 3 heteroatoms. The summed E-state index contributed by atoms with van der Waals surface area (Å²) in [5.74, 6) is 0.412. The molecule has 2 rings (SSSR count). The summed E-state index contributed by atoms with van der Waals surface area (Å²) < 4.78 is 0. The minimum atomic E-state index is 0.0253. The van der Waals surface area contributed by atoms with Gasteiger partial charge in [-0.1, -0.05) is 19.9 Å². The van der Waals surface area contributed by atoms with E-state index in [0.29, 0.717) is 5.75 Å². The minimum Gasteiger partial charge on any atom is -0.507 e. The molecule has 0 aliphatic heterocycles. The van der Waals surface area contributed by atoms with Gasteiger partial charge in [0.15, 0.2) is 5.78 Å². The lowest BCUT2D eigenvalue weighted by atomic mass is 10.00. The van der Waals surface area contributed by atoms with Crippen LogP contribution in [0.4, 0.5) is 0 Å². The van der Waals surface area contributed by atoms with Crippen LogP contribution < -0.4 is 0 Å². The molecule has 21 heavy (non-hydrogen) atoms. The number of allylic oxidation sites excluding steroid dienone is 1. The lowest BCUT2D eigenvalue weighted by Gasteiger charge is -2.08. The van der Waals surface area contributed by atoms with Crippen molar-refractivity contribution in [2.45, 2.75) is 33.6 Å². The summed E-state index contributed by atoms with van der Waals surface area (Å²) in [7, 11) is 0. The Kier molecular flexibility index (Phi) is 4.97. The highest BCUT2D eigenvalue weighted by atomic mass is 32.1. The standard InChI is InChI=1S/C18H20O2S/c1-4-14-9-13(10-15(5-2)18(14)20)6-7-16(19)17-8-12(3)11-21-17/h6-11,20H,4-5H2,1-3H3. The molecule has 0 saturated carbocycles. The number of carbonyl (C=O) groups excluding carboxylic acids is 1. The van der Waals surface area contributed by atoms with Gasteiger partial charge in [-0.15, -0.1) is 11.3 Å². The molecule has 0 fully saturated rings. The number of hydrogen-bond donors (Lipinski definition) is 1. The number of phenols is 1. The number of rotatable bonds is 5. The molecule has 0 spiro atoms. The molecule has 0 radical (unpaired) electrons. The number of carbonyl (C=O) groups is 1. The van der Waals surface area contributed by atoms with E-state index in [9.17, 15) is 9.90 Å². The molecule has 0 saturated heterocycles. The van der Waals surface area contributed by atoms with Crippen LogP contribution in [-0.4, -0.2) is 10.9 Å². The molecular formula is C18H20O2S. The molecule has 0 amide bonds. The van der Waals surface area contributed by atoms with E-state index >= 15 is 0 Å². The van der Waals surface area contributed by atoms with Crippen molar-refractivity contribution in [2.24, 2.45) is 0 Å². The van der Waals surface area contributed by atoms with E-state index in [2.05, 4.69) is 0 Å². The second kappa shape index (κ2) is 6.72. The molecule has 0 aliphatic rings. The SMILES string of the molecule is CCc1cc(C=CC(=O)c2cc(C)cs2)cc(CC)c1O. The average molecular weight is 300 g/mol. The van der Waals surface area contributed by atoms with Crippen LogP contribution in [0.5, 0.6) is 5.75 Å². The summed E-state index contributed by atoms with van der Waals surface area (Å²) in [6, 6.07) is 5.79. The van der Waals surface area contributed by atoms with Crippen LogP contribution in [0.1, 0.15) is 45.8 Å². The highest BCUT2D eigenvalue weighted by Gasteiger charge is 2.07. The molecule has 0 aliphatic carbocycles. The summed E-state index contributed by atoms with van der Waals surface area (Å²) in [4.78, 5) is 12.8. The van der Waals surface area contributed by atoms with Crippen LogP contribution in [0.15, 0.2) is 29.7 Å². The molecule has 110 valence electrons. The van der Waals surface area contributed by atoms with Crippen LogP contribution in [0.25, 0.3) is 6.08 Å². The highest BCUT2D eigenvalue weighted by molar-refractivity contribution is 7.12. The monoisotopic (exact) mass is 300 g/mol. The summed E-state index contributed by atoms with van der Waals surface area (Å²) in [5.41, 5.74) is 3.92. The molecule has 0 bridgehead atoms. The number of aryl methyl sites for hydroxylation is 3. The Balaban J connectivity index is 2.26. The lowest BCUT2D eigenvalue weighted by molar-refractivity contribution is 0.105. The zero-order valence-electron chi connectivity index (χ0n) is 12.6. The minimum absolute atomic E-state index is 0.0253. The first kappa shape index (κ1) is 15.5. The third-order valence-electron chi connectivity index (χ3n) is 3.45. The van der Waals surface area contributed by atoms with Gasteiger partial charge in [0.05, 0.1) is 4.88 Å². The second-order valence-corrected chi connectivity index (χ2v) is 5.99. The van der Waals surface area contributed by atoms with E-state index in [1.54, 1.807) is 6.08 Å². The van der Waals surface area contributed by atoms with Gasteiger partial charge in [-0.25, -0.2) is 0 Å². The van der Waals surface area contributed by atoms with Gasteiger partial charge < -0.3 is 5.11 Å². The lowest BCUT2D eigenvalue weighted by Crippen LogP contribution is -1.92. The third-order valence-corrected chi connectivity index (χ3v) is 4.52. The van der Waals surface area contributed by atoms with Crippen LogP contribution in [-0.2, 0) is 12.8 Å². The van der Waals surface area contributed by atoms with Gasteiger partial charge >= 0.3 is 0 Å². The maximum atomic E-state index is 12.1. The maximum Gasteiger partial charge on any atom is 0.195 e. The van der Waals surface area contributed by atoms with Crippen molar-refractivity contribution in [1.82, 2.24) is 0 Å². The van der Waals surface area contributed by atoms with E-state index in [0.717, 1.165) is 40.0 Å². The fourth-order valence-electron chi connectivity index (χ4n) is 2.24. The highest BCUT2D eigenvalue weighted by Crippen LogP contribution is 2.26. The first-order valence-electron chi connectivity index (χ1n) is 7.17. The zero-order chi connectivity index (χ0) is 15.4. The number of hydrogen-bond acceptors (Lipinski definition) is 3. The van der Waals surface area contributed by atoms with Crippen LogP contribution >= 0.6 is 11.3 Å². The average Bonchev–Trinajstić information content (AvgIpc) is 2.92. The fourth-order valence-corrected chi connectivity index (χ4v) is 3.06. The molecule has 1 aromatic carbocycles. The first-order chi connectivity index (χ1) is 10.0. The van der Waals surface area contributed by atoms with Crippen LogP contribution in [0.3, 0.4) is 0 Å². The summed E-state index contributed by atoms with van der Waals surface area (Å²) in [5, 5.41) is 12.1. The Bertz CT molecular complexity index is 655. The van der Waals surface area contributed by atoms with Crippen molar-refractivity contribution in [3.63, 3.8) is 0 Å². The predicted octanol–water partition coefficient (Wildman–Crippen LogP) is 4.78. The van der Waals surface area contributed by atoms with E-state index in [1.807, 2.05) is 50.4 Å². The summed E-state index contributed by atoms with van der Waals surface area (Å²) in [6.45, 7) is 6.02. The molecule has 2 nitrogen and oxygen atoms in total. The molecule has 1 N–H and O–H groups in total. The van der Waals surface area contributed by atoms with Gasteiger partial charge in [0.1, 0.15) is 5.75 Å². The Labute approximate surface area is 129 Å². The van der Waals surface area contributed by atoms with E-state index < -0.39 is 0 Å². The smallest absolute Gasteiger partial charge is 0.195 e. The van der Waals surface area contributed by atoms with Crippen molar-refractivity contribution in [3.05, 3.63) is 56.8 Å².